The predicted molar refractivity (Wildman–Crippen MR) is 131 cm³/mol. The molecule has 0 unspecified atom stereocenters. The molecule has 4 nitrogen and oxygen atoms in total. The van der Waals surface area contributed by atoms with E-state index >= 15 is 0 Å². The van der Waals surface area contributed by atoms with E-state index in [1.165, 1.54) is 0 Å². The van der Waals surface area contributed by atoms with Crippen molar-refractivity contribution in [3.63, 3.8) is 0 Å². The molecule has 0 N–H and O–H groups in total. The monoisotopic (exact) mass is 462 g/mol. The topological polar surface area (TPSA) is 44.8 Å². The molecule has 8 atom stereocenters. The van der Waals surface area contributed by atoms with Gasteiger partial charge in [-0.15, -0.1) is 6.58 Å². The van der Waals surface area contributed by atoms with Gasteiger partial charge in [0.25, 0.3) is 0 Å². The second kappa shape index (κ2) is 8.32. The molecule has 32 heavy (non-hydrogen) atoms. The Morgan fingerprint density at radius 2 is 1.97 bits per heavy atom. The molecule has 2 aliphatic carbocycles. The highest BCUT2D eigenvalue weighted by atomic mass is 28.4. The van der Waals surface area contributed by atoms with Crippen molar-refractivity contribution >= 4 is 14.1 Å². The second-order valence-electron chi connectivity index (χ2n) is 13.0. The molecule has 0 aromatic rings. The van der Waals surface area contributed by atoms with Crippen LogP contribution in [0.2, 0.25) is 18.1 Å². The molecule has 2 heterocycles. The Balaban J connectivity index is 1.72. The number of carbonyl (C=O) groups excluding carboxylic acids is 1. The maximum Gasteiger partial charge on any atom is 0.192 e. The highest BCUT2D eigenvalue weighted by Gasteiger charge is 2.66. The zero-order chi connectivity index (χ0) is 23.5. The van der Waals surface area contributed by atoms with Crippen molar-refractivity contribution in [3.05, 3.63) is 12.7 Å². The van der Waals surface area contributed by atoms with Gasteiger partial charge >= 0.3 is 0 Å². The highest BCUT2D eigenvalue weighted by molar-refractivity contribution is 6.74. The normalized spacial score (nSPS) is 44.9. The largest absolute Gasteiger partial charge is 0.416 e. The van der Waals surface area contributed by atoms with Crippen LogP contribution in [-0.4, -0.2) is 39.7 Å². The van der Waals surface area contributed by atoms with Crippen molar-refractivity contribution in [2.24, 2.45) is 34.5 Å². The molecule has 2 aliphatic heterocycles. The van der Waals surface area contributed by atoms with Crippen molar-refractivity contribution in [2.75, 3.05) is 13.2 Å². The maximum atomic E-state index is 14.0. The Hall–Kier alpha value is -0.493. The third-order valence-electron chi connectivity index (χ3n) is 10.5. The summed E-state index contributed by atoms with van der Waals surface area (Å²) in [5.41, 5.74) is -0.529. The van der Waals surface area contributed by atoms with Crippen LogP contribution in [0.5, 0.6) is 0 Å². The Labute approximate surface area is 197 Å². The van der Waals surface area contributed by atoms with Gasteiger partial charge in [0.05, 0.1) is 18.1 Å². The number of hydrogen-bond donors (Lipinski definition) is 0. The Bertz CT molecular complexity index is 730. The van der Waals surface area contributed by atoms with Crippen LogP contribution in [-0.2, 0) is 18.7 Å². The summed E-state index contributed by atoms with van der Waals surface area (Å²) in [6, 6.07) is 0. The van der Waals surface area contributed by atoms with Crippen molar-refractivity contribution in [1.82, 2.24) is 0 Å². The molecule has 2 saturated carbocycles. The van der Waals surface area contributed by atoms with Gasteiger partial charge in [-0.2, -0.15) is 0 Å². The lowest BCUT2D eigenvalue weighted by molar-refractivity contribution is -0.206. The Morgan fingerprint density at radius 1 is 1.25 bits per heavy atom. The van der Waals surface area contributed by atoms with Gasteiger partial charge in [0.2, 0.25) is 0 Å². The van der Waals surface area contributed by atoms with Gasteiger partial charge in [0, 0.05) is 24.4 Å². The van der Waals surface area contributed by atoms with Crippen LogP contribution in [0.25, 0.3) is 0 Å². The van der Waals surface area contributed by atoms with E-state index in [-0.39, 0.29) is 34.7 Å². The minimum Gasteiger partial charge on any atom is -0.416 e. The standard InChI is InChI=1S/C27H46O4Si/c1-9-20-11-10-12-21-26(6,23-16-19-13-14-29-24(19)31-23)18(2)15-22(28)27(20,21)17-30-32(7,8)25(3,4)5/h9,18-21,23-24H,1,10-17H2,2-8H3/t18-,19-,20+,21-,23+,24+,26+,27+/m1/s1. The van der Waals surface area contributed by atoms with Crippen LogP contribution in [0.1, 0.15) is 73.1 Å². The van der Waals surface area contributed by atoms with Gasteiger partial charge in [-0.25, -0.2) is 0 Å². The molecule has 0 amide bonds. The van der Waals surface area contributed by atoms with Gasteiger partial charge in [0.15, 0.2) is 14.6 Å². The van der Waals surface area contributed by atoms with Crippen LogP contribution >= 0.6 is 0 Å². The number of Topliss-reactive ketones (excluding diaryl/α,β-unsaturated/α-hetero) is 1. The first kappa shape index (κ1) is 24.6. The number of fused-ring (bicyclic) bond motifs is 2. The first-order valence-electron chi connectivity index (χ1n) is 12.9. The minimum absolute atomic E-state index is 0.0432. The summed E-state index contributed by atoms with van der Waals surface area (Å²) in [6.45, 7) is 21.7. The van der Waals surface area contributed by atoms with Crippen molar-refractivity contribution in [1.29, 1.82) is 0 Å². The summed E-state index contributed by atoms with van der Waals surface area (Å²) in [5.74, 6) is 1.66. The zero-order valence-electron chi connectivity index (χ0n) is 21.5. The van der Waals surface area contributed by atoms with Crippen LogP contribution in [0, 0.1) is 34.5 Å². The molecule has 4 fully saturated rings. The first-order chi connectivity index (χ1) is 14.9. The summed E-state index contributed by atoms with van der Waals surface area (Å²) in [6.07, 6.45) is 8.23. The van der Waals surface area contributed by atoms with Crippen LogP contribution < -0.4 is 0 Å². The molecule has 0 radical (unpaired) electrons. The van der Waals surface area contributed by atoms with E-state index in [1.807, 2.05) is 0 Å². The molecule has 4 aliphatic rings. The quantitative estimate of drug-likeness (QED) is 0.352. The first-order valence-corrected chi connectivity index (χ1v) is 15.9. The number of hydrogen-bond acceptors (Lipinski definition) is 4. The number of ether oxygens (including phenoxy) is 2. The van der Waals surface area contributed by atoms with E-state index in [1.54, 1.807) is 0 Å². The number of ketones is 1. The summed E-state index contributed by atoms with van der Waals surface area (Å²) < 4.78 is 19.4. The lowest BCUT2D eigenvalue weighted by Gasteiger charge is -2.62. The third kappa shape index (κ3) is 3.61. The molecular formula is C27H46O4Si. The summed E-state index contributed by atoms with van der Waals surface area (Å²) >= 11 is 0. The van der Waals surface area contributed by atoms with E-state index < -0.39 is 13.7 Å². The lowest BCUT2D eigenvalue weighted by Crippen LogP contribution is -2.64. The average molecular weight is 463 g/mol. The van der Waals surface area contributed by atoms with Gasteiger partial charge in [-0.05, 0) is 61.6 Å². The van der Waals surface area contributed by atoms with E-state index in [9.17, 15) is 4.79 Å². The van der Waals surface area contributed by atoms with E-state index in [2.05, 4.69) is 60.4 Å². The minimum atomic E-state index is -1.99. The molecule has 0 aromatic heterocycles. The number of rotatable bonds is 5. The second-order valence-corrected chi connectivity index (χ2v) is 17.8. The Kier molecular flexibility index (Phi) is 6.40. The summed E-state index contributed by atoms with van der Waals surface area (Å²) in [5, 5.41) is 0.120. The molecular weight excluding hydrogens is 416 g/mol. The van der Waals surface area contributed by atoms with E-state index in [0.29, 0.717) is 30.6 Å². The Morgan fingerprint density at radius 3 is 2.59 bits per heavy atom. The van der Waals surface area contributed by atoms with Gasteiger partial charge in [-0.3, -0.25) is 4.79 Å². The van der Waals surface area contributed by atoms with Crippen LogP contribution in [0.4, 0.5) is 0 Å². The van der Waals surface area contributed by atoms with Crippen LogP contribution in [0.15, 0.2) is 12.7 Å². The predicted octanol–water partition coefficient (Wildman–Crippen LogP) is 6.36. The number of allylic oxidation sites excluding steroid dienone is 1. The van der Waals surface area contributed by atoms with Gasteiger partial charge < -0.3 is 13.9 Å². The summed E-state index contributed by atoms with van der Waals surface area (Å²) in [4.78, 5) is 14.0. The molecule has 2 saturated heterocycles. The van der Waals surface area contributed by atoms with Crippen molar-refractivity contribution < 1.29 is 18.7 Å². The zero-order valence-corrected chi connectivity index (χ0v) is 22.5. The molecule has 5 heteroatoms. The van der Waals surface area contributed by atoms with Crippen LogP contribution in [0.3, 0.4) is 0 Å². The maximum absolute atomic E-state index is 14.0. The van der Waals surface area contributed by atoms with E-state index in [0.717, 1.165) is 38.7 Å². The lowest BCUT2D eigenvalue weighted by atomic mass is 9.43. The fraction of sp³-hybridized carbons (Fsp3) is 0.889. The fourth-order valence-corrected chi connectivity index (χ4v) is 8.20. The molecule has 0 bridgehead atoms. The van der Waals surface area contributed by atoms with Crippen molar-refractivity contribution in [2.45, 2.75) is 104 Å². The molecule has 182 valence electrons. The smallest absolute Gasteiger partial charge is 0.192 e. The molecule has 4 rings (SSSR count). The fourth-order valence-electron chi connectivity index (χ4n) is 7.17. The third-order valence-corrected chi connectivity index (χ3v) is 15.0. The molecule has 0 spiro atoms. The van der Waals surface area contributed by atoms with Gasteiger partial charge in [0.1, 0.15) is 5.78 Å². The highest BCUT2D eigenvalue weighted by Crippen LogP contribution is 2.64. The summed E-state index contributed by atoms with van der Waals surface area (Å²) in [7, 11) is -1.99. The van der Waals surface area contributed by atoms with Crippen molar-refractivity contribution in [3.8, 4) is 0 Å². The number of carbonyl (C=O) groups is 1. The van der Waals surface area contributed by atoms with E-state index in [4.69, 9.17) is 13.9 Å². The average Bonchev–Trinajstić information content (AvgIpc) is 3.32. The van der Waals surface area contributed by atoms with Gasteiger partial charge in [-0.1, -0.05) is 47.1 Å². The SMILES string of the molecule is C=C[C@H]1CCC[C@H]2[C@@]1(CO[Si](C)(C)C(C)(C)C)C(=O)C[C@@H](C)[C@]2(C)[C@@H]1C[C@H]2CCO[C@H]2O1. The molecule has 0 aromatic carbocycles.